The quantitative estimate of drug-likeness (QED) is 0.908. The van der Waals surface area contributed by atoms with Crippen LogP contribution in [-0.4, -0.2) is 17.5 Å². The van der Waals surface area contributed by atoms with Crippen molar-refractivity contribution in [3.8, 4) is 6.07 Å². The Labute approximate surface area is 112 Å². The smallest absolute Gasteiger partial charge is 0.123 e. The molecule has 4 heteroatoms. The SMILES string of the molecule is CSC1CCC(NCc2cc(F)ccc2C#N)C1. The molecule has 0 saturated heterocycles. The molecule has 1 aromatic rings. The fourth-order valence-corrected chi connectivity index (χ4v) is 3.21. The van der Waals surface area contributed by atoms with E-state index in [0.717, 1.165) is 10.8 Å². The lowest BCUT2D eigenvalue weighted by Crippen LogP contribution is -2.26. The van der Waals surface area contributed by atoms with Crippen LogP contribution in [0.1, 0.15) is 30.4 Å². The van der Waals surface area contributed by atoms with Gasteiger partial charge in [0.1, 0.15) is 5.82 Å². The number of thioether (sulfide) groups is 1. The van der Waals surface area contributed by atoms with E-state index in [9.17, 15) is 4.39 Å². The lowest BCUT2D eigenvalue weighted by atomic mass is 10.1. The molecule has 2 rings (SSSR count). The van der Waals surface area contributed by atoms with Crippen LogP contribution in [0.4, 0.5) is 4.39 Å². The molecule has 0 amide bonds. The molecule has 1 N–H and O–H groups in total. The first-order chi connectivity index (χ1) is 8.72. The van der Waals surface area contributed by atoms with E-state index < -0.39 is 0 Å². The highest BCUT2D eigenvalue weighted by molar-refractivity contribution is 7.99. The summed E-state index contributed by atoms with van der Waals surface area (Å²) in [4.78, 5) is 0. The van der Waals surface area contributed by atoms with E-state index in [1.54, 1.807) is 6.07 Å². The molecule has 96 valence electrons. The third-order valence-electron chi connectivity index (χ3n) is 3.49. The average Bonchev–Trinajstić information content (AvgIpc) is 2.84. The van der Waals surface area contributed by atoms with Gasteiger partial charge in [0.2, 0.25) is 0 Å². The minimum absolute atomic E-state index is 0.279. The van der Waals surface area contributed by atoms with Crippen molar-refractivity contribution in [2.24, 2.45) is 0 Å². The predicted octanol–water partition coefficient (Wildman–Crippen LogP) is 3.07. The molecule has 1 fully saturated rings. The van der Waals surface area contributed by atoms with Gasteiger partial charge in [-0.15, -0.1) is 0 Å². The lowest BCUT2D eigenvalue weighted by molar-refractivity contribution is 0.522. The van der Waals surface area contributed by atoms with E-state index in [2.05, 4.69) is 17.6 Å². The number of halogens is 1. The zero-order valence-electron chi connectivity index (χ0n) is 10.4. The maximum absolute atomic E-state index is 13.2. The van der Waals surface area contributed by atoms with Gasteiger partial charge in [-0.3, -0.25) is 0 Å². The molecule has 1 saturated carbocycles. The molecule has 0 aliphatic heterocycles. The Balaban J connectivity index is 1.94. The van der Waals surface area contributed by atoms with Crippen molar-refractivity contribution in [1.29, 1.82) is 5.26 Å². The van der Waals surface area contributed by atoms with Crippen molar-refractivity contribution in [2.75, 3.05) is 6.26 Å². The van der Waals surface area contributed by atoms with E-state index in [1.807, 2.05) is 11.8 Å². The minimum atomic E-state index is -0.279. The molecule has 2 unspecified atom stereocenters. The van der Waals surface area contributed by atoms with Crippen LogP contribution in [0.5, 0.6) is 0 Å². The first-order valence-electron chi connectivity index (χ1n) is 6.17. The first kappa shape index (κ1) is 13.4. The second-order valence-electron chi connectivity index (χ2n) is 4.66. The Morgan fingerprint density at radius 1 is 1.50 bits per heavy atom. The second-order valence-corrected chi connectivity index (χ2v) is 5.80. The summed E-state index contributed by atoms with van der Waals surface area (Å²) in [6, 6.07) is 6.94. The average molecular weight is 264 g/mol. The number of nitrogens with one attached hydrogen (secondary N) is 1. The van der Waals surface area contributed by atoms with Gasteiger partial charge >= 0.3 is 0 Å². The zero-order chi connectivity index (χ0) is 13.0. The van der Waals surface area contributed by atoms with Gasteiger partial charge < -0.3 is 5.32 Å². The van der Waals surface area contributed by atoms with Gasteiger partial charge in [-0.05, 0) is 49.3 Å². The minimum Gasteiger partial charge on any atom is -0.310 e. The summed E-state index contributed by atoms with van der Waals surface area (Å²) in [5.74, 6) is -0.279. The number of benzene rings is 1. The van der Waals surface area contributed by atoms with Crippen LogP contribution in [0, 0.1) is 17.1 Å². The van der Waals surface area contributed by atoms with Crippen LogP contribution < -0.4 is 5.32 Å². The number of hydrogen-bond donors (Lipinski definition) is 1. The molecule has 0 spiro atoms. The molecule has 18 heavy (non-hydrogen) atoms. The molecule has 1 aliphatic carbocycles. The van der Waals surface area contributed by atoms with E-state index in [-0.39, 0.29) is 5.82 Å². The zero-order valence-corrected chi connectivity index (χ0v) is 11.3. The molecule has 0 aromatic heterocycles. The summed E-state index contributed by atoms with van der Waals surface area (Å²) in [6.07, 6.45) is 5.72. The predicted molar refractivity (Wildman–Crippen MR) is 72.9 cm³/mol. The topological polar surface area (TPSA) is 35.8 Å². The fraction of sp³-hybridized carbons (Fsp3) is 0.500. The third-order valence-corrected chi connectivity index (χ3v) is 4.58. The van der Waals surface area contributed by atoms with Gasteiger partial charge in [0.05, 0.1) is 11.6 Å². The number of nitrogens with zero attached hydrogens (tertiary/aromatic N) is 1. The van der Waals surface area contributed by atoms with Crippen molar-refractivity contribution in [2.45, 2.75) is 37.1 Å². The van der Waals surface area contributed by atoms with Gasteiger partial charge in [0.25, 0.3) is 0 Å². The Bertz CT molecular complexity index is 456. The van der Waals surface area contributed by atoms with Crippen molar-refractivity contribution in [1.82, 2.24) is 5.32 Å². The molecule has 0 heterocycles. The van der Waals surface area contributed by atoms with Crippen molar-refractivity contribution in [3.63, 3.8) is 0 Å². The summed E-state index contributed by atoms with van der Waals surface area (Å²) >= 11 is 1.92. The molecule has 2 nitrogen and oxygen atoms in total. The van der Waals surface area contributed by atoms with E-state index in [4.69, 9.17) is 5.26 Å². The molecule has 0 radical (unpaired) electrons. The van der Waals surface area contributed by atoms with Crippen molar-refractivity contribution in [3.05, 3.63) is 35.1 Å². The Morgan fingerprint density at radius 2 is 2.33 bits per heavy atom. The number of hydrogen-bond acceptors (Lipinski definition) is 3. The van der Waals surface area contributed by atoms with E-state index >= 15 is 0 Å². The van der Waals surface area contributed by atoms with Crippen LogP contribution in [0.2, 0.25) is 0 Å². The fourth-order valence-electron chi connectivity index (χ4n) is 2.41. The molecule has 1 aromatic carbocycles. The van der Waals surface area contributed by atoms with Crippen LogP contribution >= 0.6 is 11.8 Å². The second kappa shape index (κ2) is 6.21. The summed E-state index contributed by atoms with van der Waals surface area (Å²) < 4.78 is 13.2. The van der Waals surface area contributed by atoms with Crippen molar-refractivity contribution < 1.29 is 4.39 Å². The van der Waals surface area contributed by atoms with Crippen molar-refractivity contribution >= 4 is 11.8 Å². The summed E-state index contributed by atoms with van der Waals surface area (Å²) in [5.41, 5.74) is 1.31. The van der Waals surface area contributed by atoms with Gasteiger partial charge in [-0.2, -0.15) is 17.0 Å². The largest absolute Gasteiger partial charge is 0.310 e. The maximum atomic E-state index is 13.2. The molecular formula is C14H17FN2S. The normalized spacial score (nSPS) is 22.9. The van der Waals surface area contributed by atoms with E-state index in [1.165, 1.54) is 31.4 Å². The highest BCUT2D eigenvalue weighted by Gasteiger charge is 2.23. The van der Waals surface area contributed by atoms with Gasteiger partial charge in [0, 0.05) is 17.8 Å². The standard InChI is InChI=1S/C14H17FN2S/c1-18-14-5-4-13(7-14)17-9-11-6-12(15)3-2-10(11)8-16/h2-3,6,13-14,17H,4-5,7,9H2,1H3. The van der Waals surface area contributed by atoms with Crippen LogP contribution in [0.25, 0.3) is 0 Å². The van der Waals surface area contributed by atoms with E-state index in [0.29, 0.717) is 18.2 Å². The van der Waals surface area contributed by atoms with Gasteiger partial charge in [-0.1, -0.05) is 0 Å². The van der Waals surface area contributed by atoms with Crippen LogP contribution in [-0.2, 0) is 6.54 Å². The summed E-state index contributed by atoms with van der Waals surface area (Å²) in [7, 11) is 0. The third kappa shape index (κ3) is 3.24. The molecular weight excluding hydrogens is 247 g/mol. The highest BCUT2D eigenvalue weighted by Crippen LogP contribution is 2.28. The number of nitriles is 1. The Morgan fingerprint density at radius 3 is 3.00 bits per heavy atom. The molecule has 2 atom stereocenters. The molecule has 1 aliphatic rings. The van der Waals surface area contributed by atoms with Crippen LogP contribution in [0.3, 0.4) is 0 Å². The van der Waals surface area contributed by atoms with Crippen LogP contribution in [0.15, 0.2) is 18.2 Å². The lowest BCUT2D eigenvalue weighted by Gasteiger charge is -2.13. The van der Waals surface area contributed by atoms with Gasteiger partial charge in [0.15, 0.2) is 0 Å². The summed E-state index contributed by atoms with van der Waals surface area (Å²) in [6.45, 7) is 0.576. The first-order valence-corrected chi connectivity index (χ1v) is 7.46. The monoisotopic (exact) mass is 264 g/mol. The molecule has 0 bridgehead atoms. The maximum Gasteiger partial charge on any atom is 0.123 e. The summed E-state index contributed by atoms with van der Waals surface area (Å²) in [5, 5.41) is 13.2. The highest BCUT2D eigenvalue weighted by atomic mass is 32.2. The Hall–Kier alpha value is -1.05. The number of rotatable bonds is 4. The Kier molecular flexibility index (Phi) is 4.62. The van der Waals surface area contributed by atoms with Gasteiger partial charge in [-0.25, -0.2) is 4.39 Å².